The van der Waals surface area contributed by atoms with E-state index in [1.165, 1.54) is 151 Å². The number of nitrogens with two attached hydrogens (primary N) is 2. The maximum atomic E-state index is 5.90. The van der Waals surface area contributed by atoms with E-state index in [0.717, 1.165) is 24.2 Å². The topological polar surface area (TPSA) is 52.0 Å². The van der Waals surface area contributed by atoms with Crippen LogP contribution in [0.2, 0.25) is 0 Å². The Balaban J connectivity index is 1.10. The lowest BCUT2D eigenvalue weighted by atomic mass is 9.93. The van der Waals surface area contributed by atoms with Crippen molar-refractivity contribution >= 4 is 11.4 Å². The molecule has 50 heavy (non-hydrogen) atoms. The van der Waals surface area contributed by atoms with Crippen LogP contribution in [0.25, 0.3) is 0 Å². The van der Waals surface area contributed by atoms with Crippen molar-refractivity contribution in [2.45, 2.75) is 155 Å². The predicted molar refractivity (Wildman–Crippen MR) is 220 cm³/mol. The summed E-state index contributed by atoms with van der Waals surface area (Å²) in [7, 11) is 0. The minimum Gasteiger partial charge on any atom is -0.399 e. The molecule has 0 unspecified atom stereocenters. The molecule has 2 nitrogen and oxygen atoms in total. The van der Waals surface area contributed by atoms with Gasteiger partial charge in [-0.05, 0) is 133 Å². The second-order valence-corrected chi connectivity index (χ2v) is 15.0. The van der Waals surface area contributed by atoms with Gasteiger partial charge in [0.05, 0.1) is 0 Å². The highest BCUT2D eigenvalue weighted by molar-refractivity contribution is 5.43. The van der Waals surface area contributed by atoms with E-state index in [1.54, 1.807) is 22.3 Å². The number of rotatable bonds is 25. The second-order valence-electron chi connectivity index (χ2n) is 15.0. The number of hydrogen-bond donors (Lipinski definition) is 2. The fourth-order valence-electron chi connectivity index (χ4n) is 7.45. The molecule has 270 valence electrons. The molecule has 4 rings (SSSR count). The van der Waals surface area contributed by atoms with Gasteiger partial charge in [0.1, 0.15) is 0 Å². The molecule has 0 aliphatic rings. The maximum absolute atomic E-state index is 5.90. The molecule has 0 spiro atoms. The number of nitrogen functional groups attached to an aromatic ring is 2. The van der Waals surface area contributed by atoms with E-state index >= 15 is 0 Å². The monoisotopic (exact) mass is 673 g/mol. The summed E-state index contributed by atoms with van der Waals surface area (Å²) in [6.45, 7) is 4.60. The zero-order valence-electron chi connectivity index (χ0n) is 31.8. The van der Waals surface area contributed by atoms with Crippen molar-refractivity contribution in [3.05, 3.63) is 129 Å². The lowest BCUT2D eigenvalue weighted by Crippen LogP contribution is -1.99. The van der Waals surface area contributed by atoms with Crippen molar-refractivity contribution in [2.24, 2.45) is 0 Å². The lowest BCUT2D eigenvalue weighted by molar-refractivity contribution is 0.550. The summed E-state index contributed by atoms with van der Waals surface area (Å²) in [4.78, 5) is 0. The predicted octanol–water partition coefficient (Wildman–Crippen LogP) is 13.2. The molecule has 0 aromatic heterocycles. The van der Waals surface area contributed by atoms with Crippen LogP contribution in [0.5, 0.6) is 0 Å². The molecule has 4 aromatic rings. The minimum absolute atomic E-state index is 0.840. The Kier molecular flexibility index (Phi) is 18.1. The number of hydrogen-bond acceptors (Lipinski definition) is 2. The van der Waals surface area contributed by atoms with Gasteiger partial charge in [-0.2, -0.15) is 0 Å². The molecule has 0 radical (unpaired) electrons. The first-order valence-electron chi connectivity index (χ1n) is 20.4. The first kappa shape index (κ1) is 39.3. The summed E-state index contributed by atoms with van der Waals surface area (Å²) < 4.78 is 0. The molecule has 4 aromatic carbocycles. The van der Waals surface area contributed by atoms with Crippen LogP contribution in [0.15, 0.2) is 84.9 Å². The lowest BCUT2D eigenvalue weighted by Gasteiger charge is -2.13. The molecular weight excluding hydrogens is 605 g/mol. The zero-order valence-corrected chi connectivity index (χ0v) is 31.8. The van der Waals surface area contributed by atoms with E-state index in [2.05, 4.69) is 74.5 Å². The average molecular weight is 673 g/mol. The molecule has 0 atom stereocenters. The van der Waals surface area contributed by atoms with Crippen molar-refractivity contribution in [1.29, 1.82) is 0 Å². The van der Waals surface area contributed by atoms with Gasteiger partial charge in [0.2, 0.25) is 0 Å². The van der Waals surface area contributed by atoms with Gasteiger partial charge >= 0.3 is 0 Å². The van der Waals surface area contributed by atoms with Crippen LogP contribution >= 0.6 is 0 Å². The number of anilines is 2. The molecule has 0 aliphatic carbocycles. The highest BCUT2D eigenvalue weighted by Crippen LogP contribution is 2.23. The fourth-order valence-corrected chi connectivity index (χ4v) is 7.45. The Morgan fingerprint density at radius 3 is 0.980 bits per heavy atom. The van der Waals surface area contributed by atoms with Gasteiger partial charge in [-0.25, -0.2) is 0 Å². The third-order valence-corrected chi connectivity index (χ3v) is 10.6. The van der Waals surface area contributed by atoms with Gasteiger partial charge in [-0.1, -0.05) is 152 Å². The molecule has 2 heteroatoms. The van der Waals surface area contributed by atoms with Crippen LogP contribution < -0.4 is 11.5 Å². The molecule has 0 saturated heterocycles. The van der Waals surface area contributed by atoms with Crippen molar-refractivity contribution < 1.29 is 0 Å². The van der Waals surface area contributed by atoms with E-state index in [-0.39, 0.29) is 0 Å². The number of benzene rings is 4. The van der Waals surface area contributed by atoms with E-state index in [4.69, 9.17) is 11.5 Å². The Morgan fingerprint density at radius 1 is 0.320 bits per heavy atom. The van der Waals surface area contributed by atoms with Crippen LogP contribution in [-0.2, 0) is 38.5 Å². The summed E-state index contributed by atoms with van der Waals surface area (Å²) in [6, 6.07) is 31.3. The van der Waals surface area contributed by atoms with Gasteiger partial charge in [0.15, 0.2) is 0 Å². The summed E-state index contributed by atoms with van der Waals surface area (Å²) >= 11 is 0. The largest absolute Gasteiger partial charge is 0.399 e. The van der Waals surface area contributed by atoms with Crippen molar-refractivity contribution in [3.8, 4) is 0 Å². The Labute approximate surface area is 306 Å². The van der Waals surface area contributed by atoms with E-state index < -0.39 is 0 Å². The van der Waals surface area contributed by atoms with Gasteiger partial charge in [-0.3, -0.25) is 0 Å². The molecule has 0 saturated carbocycles. The SMILES string of the molecule is CCCCCc1cc(Cc2ccc(N)cc2)ccc1CCCCCCCCCCCCc1ccc(Cc2ccc(N)cc2)cc1CCCCC. The van der Waals surface area contributed by atoms with Gasteiger partial charge in [0.25, 0.3) is 0 Å². The first-order chi connectivity index (χ1) is 24.5. The Bertz CT molecular complexity index is 1370. The molecule has 4 N–H and O–H groups in total. The fraction of sp³-hybridized carbons (Fsp3) is 0.500. The smallest absolute Gasteiger partial charge is 0.0314 e. The van der Waals surface area contributed by atoms with E-state index in [1.807, 2.05) is 24.3 Å². The van der Waals surface area contributed by atoms with Crippen LogP contribution in [0.3, 0.4) is 0 Å². The average Bonchev–Trinajstić information content (AvgIpc) is 3.12. The van der Waals surface area contributed by atoms with Crippen molar-refractivity contribution in [1.82, 2.24) is 0 Å². The van der Waals surface area contributed by atoms with Crippen LogP contribution in [0.1, 0.15) is 161 Å². The molecule has 0 fully saturated rings. The first-order valence-corrected chi connectivity index (χ1v) is 20.4. The highest BCUT2D eigenvalue weighted by Gasteiger charge is 2.08. The van der Waals surface area contributed by atoms with Crippen LogP contribution in [0.4, 0.5) is 11.4 Å². The molecular formula is C48H68N2. The third kappa shape index (κ3) is 14.8. The quantitative estimate of drug-likeness (QED) is 0.0544. The van der Waals surface area contributed by atoms with E-state index in [9.17, 15) is 0 Å². The normalized spacial score (nSPS) is 11.3. The highest BCUT2D eigenvalue weighted by atomic mass is 14.5. The van der Waals surface area contributed by atoms with Gasteiger partial charge in [-0.15, -0.1) is 0 Å². The Hall–Kier alpha value is -3.52. The molecule has 0 aliphatic heterocycles. The van der Waals surface area contributed by atoms with Crippen LogP contribution in [0, 0.1) is 0 Å². The van der Waals surface area contributed by atoms with Crippen molar-refractivity contribution in [3.63, 3.8) is 0 Å². The summed E-state index contributed by atoms with van der Waals surface area (Å²) in [6.07, 6.45) is 28.4. The number of unbranched alkanes of at least 4 members (excludes halogenated alkanes) is 13. The Morgan fingerprint density at radius 2 is 0.620 bits per heavy atom. The minimum atomic E-state index is 0.840. The van der Waals surface area contributed by atoms with Gasteiger partial charge < -0.3 is 11.5 Å². The summed E-state index contributed by atoms with van der Waals surface area (Å²) in [5, 5.41) is 0. The van der Waals surface area contributed by atoms with Crippen LogP contribution in [-0.4, -0.2) is 0 Å². The van der Waals surface area contributed by atoms with Gasteiger partial charge in [0, 0.05) is 11.4 Å². The molecule has 0 bridgehead atoms. The molecule has 0 heterocycles. The maximum Gasteiger partial charge on any atom is 0.0314 e. The molecule has 0 amide bonds. The third-order valence-electron chi connectivity index (χ3n) is 10.6. The van der Waals surface area contributed by atoms with Crippen molar-refractivity contribution in [2.75, 3.05) is 11.5 Å². The second kappa shape index (κ2) is 23.0. The number of aryl methyl sites for hydroxylation is 4. The standard InChI is InChI=1S/C48H68N2/c1-3-5-15-21-45-37-41(35-39-25-31-47(49)32-26-39)23-29-43(45)19-17-13-11-9-7-8-10-12-14-18-20-44-30-24-42(38-46(44)22-16-6-4-2)36-40-27-33-48(50)34-28-40/h23-34,37-38H,3-22,35-36,49-50H2,1-2H3. The summed E-state index contributed by atoms with van der Waals surface area (Å²) in [5.41, 5.74) is 25.4. The van der Waals surface area contributed by atoms with E-state index in [0.29, 0.717) is 0 Å². The zero-order chi connectivity index (χ0) is 35.2. The summed E-state index contributed by atoms with van der Waals surface area (Å²) in [5.74, 6) is 0.